The summed E-state index contributed by atoms with van der Waals surface area (Å²) >= 11 is 0. The summed E-state index contributed by atoms with van der Waals surface area (Å²) in [6.45, 7) is 5.67. The van der Waals surface area contributed by atoms with Crippen molar-refractivity contribution >= 4 is 16.8 Å². The van der Waals surface area contributed by atoms with Gasteiger partial charge in [0.15, 0.2) is 0 Å². The highest BCUT2D eigenvalue weighted by Crippen LogP contribution is 2.33. The third-order valence-corrected chi connectivity index (χ3v) is 6.57. The monoisotopic (exact) mass is 462 g/mol. The Labute approximate surface area is 201 Å². The molecule has 1 atom stereocenters. The topological polar surface area (TPSA) is 67.7 Å². The van der Waals surface area contributed by atoms with E-state index in [4.69, 9.17) is 9.72 Å². The van der Waals surface area contributed by atoms with Crippen molar-refractivity contribution in [2.45, 2.75) is 39.2 Å². The molecule has 0 bridgehead atoms. The lowest BCUT2D eigenvalue weighted by Crippen LogP contribution is -2.45. The predicted molar refractivity (Wildman–Crippen MR) is 135 cm³/mol. The molecule has 180 valence electrons. The van der Waals surface area contributed by atoms with Gasteiger partial charge in [0.05, 0.1) is 29.2 Å². The molecule has 1 heterocycles. The predicted octanol–water partition coefficient (Wildman–Crippen LogP) is 4.04. The van der Waals surface area contributed by atoms with E-state index in [1.807, 2.05) is 75.3 Å². The van der Waals surface area contributed by atoms with Crippen LogP contribution in [0.4, 0.5) is 0 Å². The minimum Gasteiger partial charge on any atom is -0.492 e. The van der Waals surface area contributed by atoms with Crippen molar-refractivity contribution in [2.75, 3.05) is 33.8 Å². The van der Waals surface area contributed by atoms with Gasteiger partial charge < -0.3 is 14.5 Å². The van der Waals surface area contributed by atoms with Gasteiger partial charge in [0.25, 0.3) is 5.56 Å². The Hall–Kier alpha value is -3.19. The zero-order chi connectivity index (χ0) is 24.2. The van der Waals surface area contributed by atoms with Crippen molar-refractivity contribution in [2.24, 2.45) is 5.92 Å². The van der Waals surface area contributed by atoms with E-state index in [2.05, 4.69) is 4.90 Å². The fourth-order valence-corrected chi connectivity index (χ4v) is 4.41. The second kappa shape index (κ2) is 10.4. The summed E-state index contributed by atoms with van der Waals surface area (Å²) < 4.78 is 7.50. The third-order valence-electron chi connectivity index (χ3n) is 6.57. The van der Waals surface area contributed by atoms with Gasteiger partial charge in [0.2, 0.25) is 5.91 Å². The van der Waals surface area contributed by atoms with E-state index in [9.17, 15) is 9.59 Å². The highest BCUT2D eigenvalue weighted by atomic mass is 16.5. The second-order valence-corrected chi connectivity index (χ2v) is 9.17. The maximum absolute atomic E-state index is 13.8. The van der Waals surface area contributed by atoms with Gasteiger partial charge in [-0.25, -0.2) is 4.98 Å². The molecule has 1 unspecified atom stereocenters. The number of carbonyl (C=O) groups excluding carboxylic acids is 1. The number of hydrogen-bond acceptors (Lipinski definition) is 5. The van der Waals surface area contributed by atoms with Crippen LogP contribution in [0.1, 0.15) is 45.0 Å². The molecule has 0 N–H and O–H groups in total. The number of ether oxygens (including phenoxy) is 1. The van der Waals surface area contributed by atoms with Gasteiger partial charge in [0.1, 0.15) is 11.6 Å². The molecule has 1 amide bonds. The van der Waals surface area contributed by atoms with Crippen molar-refractivity contribution in [3.8, 4) is 11.4 Å². The Morgan fingerprint density at radius 2 is 1.82 bits per heavy atom. The smallest absolute Gasteiger partial charge is 0.266 e. The number of para-hydroxylation sites is 3. The molecular formula is C27H34N4O3. The lowest BCUT2D eigenvalue weighted by atomic mass is 9.84. The summed E-state index contributed by atoms with van der Waals surface area (Å²) in [5, 5.41) is 0.537. The van der Waals surface area contributed by atoms with Crippen LogP contribution in [-0.2, 0) is 4.79 Å². The lowest BCUT2D eigenvalue weighted by Gasteiger charge is -2.36. The van der Waals surface area contributed by atoms with Crippen LogP contribution < -0.4 is 10.3 Å². The molecule has 7 heteroatoms. The van der Waals surface area contributed by atoms with E-state index in [0.29, 0.717) is 41.3 Å². The molecule has 4 rings (SSSR count). The highest BCUT2D eigenvalue weighted by Gasteiger charge is 2.34. The van der Waals surface area contributed by atoms with E-state index >= 15 is 0 Å². The zero-order valence-corrected chi connectivity index (χ0v) is 20.5. The first-order valence-electron chi connectivity index (χ1n) is 12.1. The first kappa shape index (κ1) is 24.0. The lowest BCUT2D eigenvalue weighted by molar-refractivity contribution is -0.140. The molecule has 2 aromatic carbocycles. The van der Waals surface area contributed by atoms with Crippen LogP contribution in [0.3, 0.4) is 0 Å². The number of nitrogens with zero attached hydrogens (tertiary/aromatic N) is 4. The van der Waals surface area contributed by atoms with Gasteiger partial charge in [-0.2, -0.15) is 0 Å². The fourth-order valence-electron chi connectivity index (χ4n) is 4.41. The summed E-state index contributed by atoms with van der Waals surface area (Å²) in [6, 6.07) is 14.5. The summed E-state index contributed by atoms with van der Waals surface area (Å²) in [6.07, 6.45) is 2.94. The molecule has 7 nitrogen and oxygen atoms in total. The maximum Gasteiger partial charge on any atom is 0.266 e. The average molecular weight is 463 g/mol. The van der Waals surface area contributed by atoms with Crippen LogP contribution in [-0.4, -0.2) is 59.0 Å². The minimum atomic E-state index is -0.389. The Bertz CT molecular complexity index is 1220. The molecule has 0 radical (unpaired) electrons. The fraction of sp³-hybridized carbons (Fsp3) is 0.444. The summed E-state index contributed by atoms with van der Waals surface area (Å²) in [5.74, 6) is 1.36. The highest BCUT2D eigenvalue weighted by molar-refractivity contribution is 5.81. The molecule has 1 fully saturated rings. The Morgan fingerprint density at radius 1 is 1.12 bits per heavy atom. The molecule has 1 aliphatic carbocycles. The van der Waals surface area contributed by atoms with Crippen LogP contribution in [0.2, 0.25) is 0 Å². The Kier molecular flexibility index (Phi) is 7.32. The molecule has 34 heavy (non-hydrogen) atoms. The minimum absolute atomic E-state index is 0.0564. The zero-order valence-electron chi connectivity index (χ0n) is 20.5. The van der Waals surface area contributed by atoms with Crippen molar-refractivity contribution in [1.82, 2.24) is 19.4 Å². The van der Waals surface area contributed by atoms with Crippen LogP contribution in [0.15, 0.2) is 53.3 Å². The van der Waals surface area contributed by atoms with Crippen LogP contribution >= 0.6 is 0 Å². The van der Waals surface area contributed by atoms with Crippen molar-refractivity contribution in [3.05, 3.63) is 64.7 Å². The molecule has 1 saturated carbocycles. The van der Waals surface area contributed by atoms with Crippen molar-refractivity contribution < 1.29 is 9.53 Å². The Balaban J connectivity index is 1.90. The molecular weight excluding hydrogens is 428 g/mol. The van der Waals surface area contributed by atoms with Crippen molar-refractivity contribution in [1.29, 1.82) is 0 Å². The summed E-state index contributed by atoms with van der Waals surface area (Å²) in [4.78, 5) is 36.2. The van der Waals surface area contributed by atoms with Gasteiger partial charge in [-0.3, -0.25) is 14.2 Å². The number of hydrogen-bond donors (Lipinski definition) is 0. The first-order valence-corrected chi connectivity index (χ1v) is 12.1. The van der Waals surface area contributed by atoms with E-state index in [1.54, 1.807) is 10.6 Å². The number of likely N-dealkylation sites (N-methyl/N-ethyl adjacent to an activating group) is 1. The molecule has 0 saturated heterocycles. The summed E-state index contributed by atoms with van der Waals surface area (Å²) in [7, 11) is 4.00. The van der Waals surface area contributed by atoms with E-state index in [-0.39, 0.29) is 23.4 Å². The van der Waals surface area contributed by atoms with Gasteiger partial charge in [-0.1, -0.05) is 30.7 Å². The molecule has 3 aromatic rings. The molecule has 0 aliphatic heterocycles. The number of carbonyl (C=O) groups is 1. The van der Waals surface area contributed by atoms with Crippen molar-refractivity contribution in [3.63, 3.8) is 0 Å². The van der Waals surface area contributed by atoms with Crippen LogP contribution in [0.25, 0.3) is 16.6 Å². The number of aromatic nitrogens is 2. The van der Waals surface area contributed by atoms with E-state index in [0.717, 1.165) is 25.8 Å². The normalized spacial score (nSPS) is 14.7. The molecule has 1 aliphatic rings. The van der Waals surface area contributed by atoms with Gasteiger partial charge in [-0.15, -0.1) is 0 Å². The van der Waals surface area contributed by atoms with E-state index < -0.39 is 0 Å². The van der Waals surface area contributed by atoms with E-state index in [1.165, 1.54) is 0 Å². The number of rotatable bonds is 9. The number of amides is 1. The third kappa shape index (κ3) is 4.71. The average Bonchev–Trinajstić information content (AvgIpc) is 2.78. The molecule has 1 aromatic heterocycles. The number of benzene rings is 2. The second-order valence-electron chi connectivity index (χ2n) is 9.17. The van der Waals surface area contributed by atoms with Gasteiger partial charge >= 0.3 is 0 Å². The maximum atomic E-state index is 13.8. The van der Waals surface area contributed by atoms with Crippen LogP contribution in [0.5, 0.6) is 5.75 Å². The quantitative estimate of drug-likeness (QED) is 0.480. The first-order chi connectivity index (χ1) is 16.4. The summed E-state index contributed by atoms with van der Waals surface area (Å²) in [5.41, 5.74) is 1.10. The van der Waals surface area contributed by atoms with Gasteiger partial charge in [-0.05, 0) is 65.0 Å². The standard InChI is InChI=1S/C27H34N4O3/c1-5-34-24-16-9-8-15-23(24)31-25(28-22-14-7-6-13-21(22)27(31)33)19(2)30(18-17-29(3)4)26(32)20-11-10-12-20/h6-9,13-16,19-20H,5,10-12,17-18H2,1-4H3. The SMILES string of the molecule is CCOc1ccccc1-n1c(C(C)N(CCN(C)C)C(=O)C2CCC2)nc2ccccc2c1=O. The largest absolute Gasteiger partial charge is 0.492 e. The van der Waals surface area contributed by atoms with Gasteiger partial charge in [0, 0.05) is 19.0 Å². The Morgan fingerprint density at radius 3 is 2.50 bits per heavy atom. The molecule has 0 spiro atoms. The number of fused-ring (bicyclic) bond motifs is 1. The van der Waals surface area contributed by atoms with Crippen LogP contribution in [0, 0.1) is 5.92 Å².